The van der Waals surface area contributed by atoms with Crippen LogP contribution in [0.15, 0.2) is 24.3 Å². The van der Waals surface area contributed by atoms with Crippen molar-refractivity contribution in [2.75, 3.05) is 50.8 Å². The van der Waals surface area contributed by atoms with Gasteiger partial charge in [0, 0.05) is 25.3 Å². The van der Waals surface area contributed by atoms with E-state index in [0.717, 1.165) is 45.0 Å². The third kappa shape index (κ3) is 3.11. The first-order chi connectivity index (χ1) is 14.0. The number of carbonyl (C=O) groups excluding carboxylic acids is 2. The van der Waals surface area contributed by atoms with Crippen molar-refractivity contribution in [1.82, 2.24) is 9.80 Å². The van der Waals surface area contributed by atoms with Gasteiger partial charge in [-0.3, -0.25) is 14.6 Å². The third-order valence-electron chi connectivity index (χ3n) is 7.48. The van der Waals surface area contributed by atoms with Crippen molar-refractivity contribution in [3.63, 3.8) is 0 Å². The van der Waals surface area contributed by atoms with E-state index in [0.29, 0.717) is 24.9 Å². The molecule has 29 heavy (non-hydrogen) atoms. The van der Waals surface area contributed by atoms with Crippen molar-refractivity contribution < 1.29 is 14.3 Å². The summed E-state index contributed by atoms with van der Waals surface area (Å²) >= 11 is 0. The van der Waals surface area contributed by atoms with Gasteiger partial charge in [-0.2, -0.15) is 0 Å². The standard InChI is InChI=1S/C22H30N4O3/c23-19(27)22-6-1-10-26(22)20(28)25(16-22)18-4-2-17(3-5-18)21(7-8-21)9-11-24-12-14-29-15-13-24/h2-5H,1,6-16H2,(H2,23,27)/t22-/m1/s1. The van der Waals surface area contributed by atoms with Crippen LogP contribution in [0.5, 0.6) is 0 Å². The maximum atomic E-state index is 12.9. The second-order valence-corrected chi connectivity index (χ2v) is 9.05. The topological polar surface area (TPSA) is 79.1 Å². The van der Waals surface area contributed by atoms with Gasteiger partial charge in [-0.1, -0.05) is 12.1 Å². The lowest BCUT2D eigenvalue weighted by Gasteiger charge is -2.28. The predicted molar refractivity (Wildman–Crippen MR) is 110 cm³/mol. The number of fused-ring (bicyclic) bond motifs is 1. The Hall–Kier alpha value is -2.12. The molecule has 1 atom stereocenters. The van der Waals surface area contributed by atoms with Crippen molar-refractivity contribution in [2.24, 2.45) is 5.73 Å². The fourth-order valence-electron chi connectivity index (χ4n) is 5.36. The first kappa shape index (κ1) is 18.9. The summed E-state index contributed by atoms with van der Waals surface area (Å²) in [7, 11) is 0. The van der Waals surface area contributed by atoms with Crippen LogP contribution >= 0.6 is 0 Å². The molecule has 0 spiro atoms. The van der Waals surface area contributed by atoms with E-state index in [9.17, 15) is 9.59 Å². The van der Waals surface area contributed by atoms with Gasteiger partial charge >= 0.3 is 6.03 Å². The van der Waals surface area contributed by atoms with Crippen LogP contribution in [0, 0.1) is 0 Å². The van der Waals surface area contributed by atoms with Gasteiger partial charge in [-0.05, 0) is 61.8 Å². The Labute approximate surface area is 171 Å². The van der Waals surface area contributed by atoms with E-state index in [1.165, 1.54) is 24.8 Å². The van der Waals surface area contributed by atoms with Crippen molar-refractivity contribution in [3.05, 3.63) is 29.8 Å². The Morgan fingerprint density at radius 2 is 1.79 bits per heavy atom. The van der Waals surface area contributed by atoms with E-state index in [1.807, 2.05) is 12.1 Å². The van der Waals surface area contributed by atoms with Crippen LogP contribution in [0.1, 0.15) is 37.7 Å². The maximum absolute atomic E-state index is 12.9. The number of carbonyl (C=O) groups is 2. The molecule has 3 aliphatic heterocycles. The number of urea groups is 1. The molecule has 1 aliphatic carbocycles. The van der Waals surface area contributed by atoms with Crippen LogP contribution in [0.2, 0.25) is 0 Å². The van der Waals surface area contributed by atoms with Crippen LogP contribution in [-0.4, -0.2) is 73.2 Å². The lowest BCUT2D eigenvalue weighted by Crippen LogP contribution is -2.52. The Morgan fingerprint density at radius 3 is 2.41 bits per heavy atom. The minimum absolute atomic E-state index is 0.0949. The number of rotatable bonds is 6. The molecule has 156 valence electrons. The third-order valence-corrected chi connectivity index (χ3v) is 7.48. The molecule has 7 nitrogen and oxygen atoms in total. The molecule has 0 radical (unpaired) electrons. The monoisotopic (exact) mass is 398 g/mol. The van der Waals surface area contributed by atoms with Gasteiger partial charge in [-0.15, -0.1) is 0 Å². The van der Waals surface area contributed by atoms with Crippen LogP contribution in [-0.2, 0) is 14.9 Å². The molecule has 1 saturated carbocycles. The molecule has 7 heteroatoms. The molecule has 0 aromatic heterocycles. The summed E-state index contributed by atoms with van der Waals surface area (Å²) < 4.78 is 5.45. The van der Waals surface area contributed by atoms with Crippen LogP contribution in [0.4, 0.5) is 10.5 Å². The van der Waals surface area contributed by atoms with E-state index in [4.69, 9.17) is 10.5 Å². The Morgan fingerprint density at radius 1 is 1.07 bits per heavy atom. The fraction of sp³-hybridized carbons (Fsp3) is 0.636. The quantitative estimate of drug-likeness (QED) is 0.791. The number of amides is 3. The van der Waals surface area contributed by atoms with Gasteiger partial charge < -0.3 is 15.4 Å². The number of hydrogen-bond acceptors (Lipinski definition) is 4. The van der Waals surface area contributed by atoms with E-state index in [1.54, 1.807) is 9.80 Å². The van der Waals surface area contributed by atoms with Crippen molar-refractivity contribution in [2.45, 2.75) is 43.1 Å². The van der Waals surface area contributed by atoms with E-state index in [-0.39, 0.29) is 11.9 Å². The molecule has 3 saturated heterocycles. The zero-order valence-electron chi connectivity index (χ0n) is 16.9. The number of nitrogens with two attached hydrogens (primary N) is 1. The average Bonchev–Trinajstić information content (AvgIpc) is 3.32. The molecule has 3 heterocycles. The molecule has 1 aromatic carbocycles. The minimum Gasteiger partial charge on any atom is -0.379 e. The summed E-state index contributed by atoms with van der Waals surface area (Å²) in [6.45, 7) is 5.84. The highest BCUT2D eigenvalue weighted by Crippen LogP contribution is 2.51. The first-order valence-electron chi connectivity index (χ1n) is 10.8. The van der Waals surface area contributed by atoms with Crippen molar-refractivity contribution >= 4 is 17.6 Å². The molecule has 4 aliphatic rings. The molecular weight excluding hydrogens is 368 g/mol. The number of benzene rings is 1. The zero-order valence-corrected chi connectivity index (χ0v) is 16.9. The molecule has 3 amide bonds. The summed E-state index contributed by atoms with van der Waals surface area (Å²) in [6.07, 6.45) is 5.14. The summed E-state index contributed by atoms with van der Waals surface area (Å²) in [5.41, 5.74) is 7.38. The van der Waals surface area contributed by atoms with Crippen LogP contribution in [0.3, 0.4) is 0 Å². The Balaban J connectivity index is 1.28. The van der Waals surface area contributed by atoms with Crippen LogP contribution in [0.25, 0.3) is 0 Å². The highest BCUT2D eigenvalue weighted by atomic mass is 16.5. The summed E-state index contributed by atoms with van der Waals surface area (Å²) in [5, 5.41) is 0. The molecule has 5 rings (SSSR count). The number of anilines is 1. The number of primary amides is 1. The van der Waals surface area contributed by atoms with Crippen molar-refractivity contribution in [3.8, 4) is 0 Å². The smallest absolute Gasteiger partial charge is 0.325 e. The summed E-state index contributed by atoms with van der Waals surface area (Å²) in [6, 6.07) is 8.34. The lowest BCUT2D eigenvalue weighted by atomic mass is 9.91. The number of morpholine rings is 1. The van der Waals surface area contributed by atoms with Gasteiger partial charge in [0.05, 0.1) is 19.8 Å². The fourth-order valence-corrected chi connectivity index (χ4v) is 5.36. The van der Waals surface area contributed by atoms with E-state index in [2.05, 4.69) is 17.0 Å². The SMILES string of the molecule is NC(=O)[C@]12CCCN1C(=O)N(c1ccc(C3(CCN4CCOCC4)CC3)cc1)C2. The highest BCUT2D eigenvalue weighted by molar-refractivity contribution is 6.02. The molecule has 1 aromatic rings. The Kier molecular flexibility index (Phi) is 4.55. The van der Waals surface area contributed by atoms with Gasteiger partial charge in [-0.25, -0.2) is 4.79 Å². The molecule has 2 N–H and O–H groups in total. The number of nitrogens with zero attached hydrogens (tertiary/aromatic N) is 3. The molecular formula is C22H30N4O3. The molecule has 0 bridgehead atoms. The largest absolute Gasteiger partial charge is 0.379 e. The highest BCUT2D eigenvalue weighted by Gasteiger charge is 2.56. The van der Waals surface area contributed by atoms with Gasteiger partial charge in [0.2, 0.25) is 5.91 Å². The maximum Gasteiger partial charge on any atom is 0.325 e. The number of hydrogen-bond donors (Lipinski definition) is 1. The average molecular weight is 399 g/mol. The van der Waals surface area contributed by atoms with E-state index < -0.39 is 5.54 Å². The lowest BCUT2D eigenvalue weighted by molar-refractivity contribution is -0.125. The van der Waals surface area contributed by atoms with Gasteiger partial charge in [0.1, 0.15) is 5.54 Å². The summed E-state index contributed by atoms with van der Waals surface area (Å²) in [4.78, 5) is 30.9. The molecule has 4 fully saturated rings. The van der Waals surface area contributed by atoms with Gasteiger partial charge in [0.25, 0.3) is 0 Å². The van der Waals surface area contributed by atoms with Crippen molar-refractivity contribution in [1.29, 1.82) is 0 Å². The Bertz CT molecular complexity index is 801. The van der Waals surface area contributed by atoms with Crippen LogP contribution < -0.4 is 10.6 Å². The first-order valence-corrected chi connectivity index (χ1v) is 10.8. The van der Waals surface area contributed by atoms with E-state index >= 15 is 0 Å². The second-order valence-electron chi connectivity index (χ2n) is 9.05. The number of ether oxygens (including phenoxy) is 1. The minimum atomic E-state index is -0.828. The predicted octanol–water partition coefficient (Wildman–Crippen LogP) is 1.70. The van der Waals surface area contributed by atoms with Gasteiger partial charge in [0.15, 0.2) is 0 Å². The second kappa shape index (κ2) is 6.99. The normalized spacial score (nSPS) is 28.6. The molecule has 0 unspecified atom stereocenters. The summed E-state index contributed by atoms with van der Waals surface area (Å²) in [5.74, 6) is -0.387. The zero-order chi connectivity index (χ0) is 20.1.